The number of nitrogens with two attached hydrogens (primary N) is 1. The van der Waals surface area contributed by atoms with Crippen molar-refractivity contribution in [3.63, 3.8) is 0 Å². The summed E-state index contributed by atoms with van der Waals surface area (Å²) in [7, 11) is 0. The lowest BCUT2D eigenvalue weighted by atomic mass is 10.0. The first kappa shape index (κ1) is 10.9. The number of aryl methyl sites for hydroxylation is 1. The Morgan fingerprint density at radius 2 is 2.36 bits per heavy atom. The van der Waals surface area contributed by atoms with Crippen LogP contribution in [0, 0.1) is 6.92 Å². The largest absolute Gasteiger partial charge is 0.322 e. The predicted molar refractivity (Wildman–Crippen MR) is 60.0 cm³/mol. The molecule has 1 aromatic rings. The van der Waals surface area contributed by atoms with Crippen LogP contribution < -0.4 is 5.73 Å². The van der Waals surface area contributed by atoms with Gasteiger partial charge in [0.25, 0.3) is 0 Å². The van der Waals surface area contributed by atoms with Gasteiger partial charge in [-0.25, -0.2) is 0 Å². The average Bonchev–Trinajstić information content (AvgIpc) is 2.17. The molecular formula is C12H18N2. The van der Waals surface area contributed by atoms with Crippen LogP contribution >= 0.6 is 0 Å². The number of hydrogen-bond donors (Lipinski definition) is 1. The van der Waals surface area contributed by atoms with Gasteiger partial charge in [-0.2, -0.15) is 0 Å². The molecule has 1 rings (SSSR count). The van der Waals surface area contributed by atoms with Gasteiger partial charge in [0.05, 0.1) is 11.7 Å². The van der Waals surface area contributed by atoms with E-state index in [9.17, 15) is 0 Å². The standard InChI is InChI=1S/C12H18N2/c1-4-9(2)7-11(13)12-8-10(3)5-6-14-12/h5-6,8,11H,2,4,7,13H2,1,3H3. The molecule has 0 radical (unpaired) electrons. The second-order valence-electron chi connectivity index (χ2n) is 3.67. The fourth-order valence-corrected chi connectivity index (χ4v) is 1.32. The minimum atomic E-state index is -0.0117. The van der Waals surface area contributed by atoms with Crippen molar-refractivity contribution >= 4 is 0 Å². The van der Waals surface area contributed by atoms with Gasteiger partial charge in [-0.15, -0.1) is 0 Å². The molecule has 0 spiro atoms. The molecule has 2 nitrogen and oxygen atoms in total. The van der Waals surface area contributed by atoms with Crippen molar-refractivity contribution in [1.82, 2.24) is 4.98 Å². The summed E-state index contributed by atoms with van der Waals surface area (Å²) in [6, 6.07) is 4.00. The lowest BCUT2D eigenvalue weighted by Gasteiger charge is -2.12. The Balaban J connectivity index is 2.69. The molecule has 0 aliphatic heterocycles. The summed E-state index contributed by atoms with van der Waals surface area (Å²) in [5.41, 5.74) is 9.36. The van der Waals surface area contributed by atoms with Gasteiger partial charge in [-0.3, -0.25) is 4.98 Å². The number of aromatic nitrogens is 1. The highest BCUT2D eigenvalue weighted by molar-refractivity contribution is 5.18. The van der Waals surface area contributed by atoms with E-state index in [0.29, 0.717) is 0 Å². The van der Waals surface area contributed by atoms with E-state index in [0.717, 1.165) is 18.5 Å². The van der Waals surface area contributed by atoms with Gasteiger partial charge in [-0.05, 0) is 37.5 Å². The van der Waals surface area contributed by atoms with Gasteiger partial charge in [0.1, 0.15) is 0 Å². The molecule has 1 atom stereocenters. The zero-order valence-corrected chi connectivity index (χ0v) is 8.96. The highest BCUT2D eigenvalue weighted by atomic mass is 14.8. The van der Waals surface area contributed by atoms with E-state index in [1.807, 2.05) is 19.1 Å². The minimum absolute atomic E-state index is 0.0117. The molecule has 0 saturated carbocycles. The second-order valence-corrected chi connectivity index (χ2v) is 3.67. The fraction of sp³-hybridized carbons (Fsp3) is 0.417. The monoisotopic (exact) mass is 190 g/mol. The highest BCUT2D eigenvalue weighted by Crippen LogP contribution is 2.17. The molecule has 1 aromatic heterocycles. The lowest BCUT2D eigenvalue weighted by molar-refractivity contribution is 0.678. The fourth-order valence-electron chi connectivity index (χ4n) is 1.32. The maximum Gasteiger partial charge on any atom is 0.0576 e. The first-order chi connectivity index (χ1) is 6.63. The lowest BCUT2D eigenvalue weighted by Crippen LogP contribution is -2.12. The number of nitrogens with zero attached hydrogens (tertiary/aromatic N) is 1. The molecule has 0 bridgehead atoms. The summed E-state index contributed by atoms with van der Waals surface area (Å²) in [4.78, 5) is 4.26. The number of pyridine rings is 1. The van der Waals surface area contributed by atoms with Crippen LogP contribution in [-0.2, 0) is 0 Å². The van der Waals surface area contributed by atoms with Crippen LogP contribution in [0.15, 0.2) is 30.5 Å². The summed E-state index contributed by atoms with van der Waals surface area (Å²) >= 11 is 0. The summed E-state index contributed by atoms with van der Waals surface area (Å²) in [5, 5.41) is 0. The molecule has 2 N–H and O–H groups in total. The topological polar surface area (TPSA) is 38.9 Å². The minimum Gasteiger partial charge on any atom is -0.322 e. The van der Waals surface area contributed by atoms with E-state index in [1.165, 1.54) is 11.1 Å². The molecule has 0 aromatic carbocycles. The second kappa shape index (κ2) is 4.91. The molecule has 14 heavy (non-hydrogen) atoms. The Kier molecular flexibility index (Phi) is 3.84. The zero-order valence-electron chi connectivity index (χ0n) is 8.96. The van der Waals surface area contributed by atoms with E-state index in [-0.39, 0.29) is 6.04 Å². The summed E-state index contributed by atoms with van der Waals surface area (Å²) < 4.78 is 0. The maximum absolute atomic E-state index is 6.02. The van der Waals surface area contributed by atoms with Crippen molar-refractivity contribution in [2.24, 2.45) is 5.73 Å². The van der Waals surface area contributed by atoms with Crippen LogP contribution in [0.2, 0.25) is 0 Å². The van der Waals surface area contributed by atoms with Crippen LogP contribution in [0.5, 0.6) is 0 Å². The van der Waals surface area contributed by atoms with Gasteiger partial charge >= 0.3 is 0 Å². The molecule has 76 valence electrons. The van der Waals surface area contributed by atoms with Gasteiger partial charge in [0, 0.05) is 6.20 Å². The van der Waals surface area contributed by atoms with Gasteiger partial charge in [0.15, 0.2) is 0 Å². The third kappa shape index (κ3) is 2.96. The normalized spacial score (nSPS) is 12.5. The molecule has 0 aliphatic carbocycles. The summed E-state index contributed by atoms with van der Waals surface area (Å²) in [5.74, 6) is 0. The van der Waals surface area contributed by atoms with E-state index in [1.54, 1.807) is 6.20 Å². The van der Waals surface area contributed by atoms with Crippen molar-refractivity contribution in [2.75, 3.05) is 0 Å². The van der Waals surface area contributed by atoms with E-state index < -0.39 is 0 Å². The SMILES string of the molecule is C=C(CC)CC(N)c1cc(C)ccn1. The average molecular weight is 190 g/mol. The van der Waals surface area contributed by atoms with Crippen LogP contribution in [-0.4, -0.2) is 4.98 Å². The molecule has 0 saturated heterocycles. The Hall–Kier alpha value is -1.15. The van der Waals surface area contributed by atoms with Crippen LogP contribution in [0.1, 0.15) is 37.1 Å². The van der Waals surface area contributed by atoms with Gasteiger partial charge in [0.2, 0.25) is 0 Å². The molecule has 1 heterocycles. The Morgan fingerprint density at radius 3 is 2.93 bits per heavy atom. The first-order valence-electron chi connectivity index (χ1n) is 4.98. The Morgan fingerprint density at radius 1 is 1.64 bits per heavy atom. The smallest absolute Gasteiger partial charge is 0.0576 e. The first-order valence-corrected chi connectivity index (χ1v) is 4.98. The molecule has 2 heteroatoms. The Labute approximate surface area is 85.9 Å². The molecule has 0 aliphatic rings. The van der Waals surface area contributed by atoms with E-state index in [4.69, 9.17) is 5.73 Å². The van der Waals surface area contributed by atoms with Gasteiger partial charge in [-0.1, -0.05) is 19.1 Å². The highest BCUT2D eigenvalue weighted by Gasteiger charge is 2.08. The van der Waals surface area contributed by atoms with Crippen molar-refractivity contribution in [3.05, 3.63) is 41.7 Å². The van der Waals surface area contributed by atoms with Crippen LogP contribution in [0.3, 0.4) is 0 Å². The molecular weight excluding hydrogens is 172 g/mol. The van der Waals surface area contributed by atoms with Crippen molar-refractivity contribution in [2.45, 2.75) is 32.7 Å². The van der Waals surface area contributed by atoms with Crippen LogP contribution in [0.25, 0.3) is 0 Å². The van der Waals surface area contributed by atoms with Crippen molar-refractivity contribution in [1.29, 1.82) is 0 Å². The van der Waals surface area contributed by atoms with Gasteiger partial charge < -0.3 is 5.73 Å². The summed E-state index contributed by atoms with van der Waals surface area (Å²) in [6.45, 7) is 8.10. The van der Waals surface area contributed by atoms with Crippen LogP contribution in [0.4, 0.5) is 0 Å². The molecule has 0 amide bonds. The van der Waals surface area contributed by atoms with E-state index >= 15 is 0 Å². The van der Waals surface area contributed by atoms with Crippen molar-refractivity contribution < 1.29 is 0 Å². The number of hydrogen-bond acceptors (Lipinski definition) is 2. The predicted octanol–water partition coefficient (Wildman–Crippen LogP) is 2.75. The number of rotatable bonds is 4. The third-order valence-corrected chi connectivity index (χ3v) is 2.33. The quantitative estimate of drug-likeness (QED) is 0.741. The third-order valence-electron chi connectivity index (χ3n) is 2.33. The molecule has 0 fully saturated rings. The zero-order chi connectivity index (χ0) is 10.6. The molecule has 1 unspecified atom stereocenters. The maximum atomic E-state index is 6.02. The Bertz CT molecular complexity index is 318. The van der Waals surface area contributed by atoms with E-state index in [2.05, 4.69) is 18.5 Å². The summed E-state index contributed by atoms with van der Waals surface area (Å²) in [6.07, 6.45) is 3.62. The van der Waals surface area contributed by atoms with Crippen molar-refractivity contribution in [3.8, 4) is 0 Å².